The minimum absolute atomic E-state index is 0.790. The number of thiophene rings is 1. The third kappa shape index (κ3) is 2.87. The molecule has 0 aromatic carbocycles. The number of hydrogen-bond donors (Lipinski definition) is 1. The molecule has 0 saturated carbocycles. The molecule has 2 heterocycles. The van der Waals surface area contributed by atoms with Gasteiger partial charge in [-0.05, 0) is 41.8 Å². The van der Waals surface area contributed by atoms with Crippen LogP contribution in [0.2, 0.25) is 0 Å². The summed E-state index contributed by atoms with van der Waals surface area (Å²) in [6, 6.07) is 1.94. The molecular weight excluding hydrogens is 218 g/mol. The molecule has 0 atom stereocenters. The summed E-state index contributed by atoms with van der Waals surface area (Å²) < 4.78 is 0. The Morgan fingerprint density at radius 3 is 2.81 bits per heavy atom. The Kier molecular flexibility index (Phi) is 3.64. The highest BCUT2D eigenvalue weighted by molar-refractivity contribution is 7.08. The average molecular weight is 233 g/mol. The summed E-state index contributed by atoms with van der Waals surface area (Å²) in [5, 5.41) is 7.75. The molecular formula is C12H15N3S. The first-order valence-electron chi connectivity index (χ1n) is 5.26. The topological polar surface area (TPSA) is 37.8 Å². The van der Waals surface area contributed by atoms with Gasteiger partial charge in [0.15, 0.2) is 0 Å². The number of nitrogens with one attached hydrogen (secondary N) is 1. The Morgan fingerprint density at radius 2 is 2.12 bits per heavy atom. The number of nitrogens with zero attached hydrogens (tertiary/aromatic N) is 2. The van der Waals surface area contributed by atoms with Crippen LogP contribution in [-0.4, -0.2) is 9.97 Å². The second-order valence-electron chi connectivity index (χ2n) is 3.78. The lowest BCUT2D eigenvalue weighted by Crippen LogP contribution is -2.14. The quantitative estimate of drug-likeness (QED) is 0.881. The SMILES string of the molecule is Cc1nccc(CNCc2cscc2C)n1. The summed E-state index contributed by atoms with van der Waals surface area (Å²) >= 11 is 1.75. The number of hydrogen-bond acceptors (Lipinski definition) is 4. The van der Waals surface area contributed by atoms with Crippen molar-refractivity contribution in [2.75, 3.05) is 0 Å². The molecule has 0 aliphatic rings. The van der Waals surface area contributed by atoms with Crippen LogP contribution in [0.1, 0.15) is 22.6 Å². The van der Waals surface area contributed by atoms with Gasteiger partial charge in [-0.15, -0.1) is 0 Å². The zero-order chi connectivity index (χ0) is 11.4. The monoisotopic (exact) mass is 233 g/mol. The fourth-order valence-electron chi connectivity index (χ4n) is 1.50. The van der Waals surface area contributed by atoms with Crippen LogP contribution in [0.3, 0.4) is 0 Å². The predicted molar refractivity (Wildman–Crippen MR) is 66.4 cm³/mol. The Balaban J connectivity index is 1.87. The Bertz CT molecular complexity index is 465. The van der Waals surface area contributed by atoms with E-state index >= 15 is 0 Å². The molecule has 84 valence electrons. The van der Waals surface area contributed by atoms with Crippen LogP contribution in [0, 0.1) is 13.8 Å². The van der Waals surface area contributed by atoms with E-state index in [-0.39, 0.29) is 0 Å². The molecule has 2 aromatic heterocycles. The zero-order valence-electron chi connectivity index (χ0n) is 9.53. The molecule has 0 aliphatic heterocycles. The van der Waals surface area contributed by atoms with Gasteiger partial charge in [0.05, 0.1) is 5.69 Å². The number of rotatable bonds is 4. The molecule has 0 saturated heterocycles. The van der Waals surface area contributed by atoms with Crippen molar-refractivity contribution in [2.24, 2.45) is 0 Å². The third-order valence-corrected chi connectivity index (χ3v) is 3.33. The Labute approximate surface area is 99.6 Å². The first kappa shape index (κ1) is 11.2. The van der Waals surface area contributed by atoms with Crippen molar-refractivity contribution in [3.05, 3.63) is 45.7 Å². The van der Waals surface area contributed by atoms with Crippen LogP contribution >= 0.6 is 11.3 Å². The second kappa shape index (κ2) is 5.18. The summed E-state index contributed by atoms with van der Waals surface area (Å²) in [7, 11) is 0. The highest BCUT2D eigenvalue weighted by atomic mass is 32.1. The van der Waals surface area contributed by atoms with Gasteiger partial charge in [0.2, 0.25) is 0 Å². The van der Waals surface area contributed by atoms with Gasteiger partial charge in [-0.25, -0.2) is 9.97 Å². The van der Waals surface area contributed by atoms with Crippen LogP contribution < -0.4 is 5.32 Å². The summed E-state index contributed by atoms with van der Waals surface area (Å²) in [4.78, 5) is 8.42. The summed E-state index contributed by atoms with van der Waals surface area (Å²) in [5.41, 5.74) is 3.77. The lowest BCUT2D eigenvalue weighted by atomic mass is 10.2. The average Bonchev–Trinajstić information content (AvgIpc) is 2.65. The first-order valence-corrected chi connectivity index (χ1v) is 6.21. The normalized spacial score (nSPS) is 10.6. The molecule has 0 spiro atoms. The molecule has 4 heteroatoms. The van der Waals surface area contributed by atoms with E-state index < -0.39 is 0 Å². The molecule has 16 heavy (non-hydrogen) atoms. The molecule has 0 fully saturated rings. The van der Waals surface area contributed by atoms with E-state index in [4.69, 9.17) is 0 Å². The van der Waals surface area contributed by atoms with Crippen molar-refractivity contribution >= 4 is 11.3 Å². The van der Waals surface area contributed by atoms with E-state index in [1.807, 2.05) is 13.0 Å². The van der Waals surface area contributed by atoms with Gasteiger partial charge in [-0.1, -0.05) is 0 Å². The van der Waals surface area contributed by atoms with E-state index in [9.17, 15) is 0 Å². The van der Waals surface area contributed by atoms with Crippen LogP contribution in [-0.2, 0) is 13.1 Å². The van der Waals surface area contributed by atoms with E-state index in [0.29, 0.717) is 0 Å². The van der Waals surface area contributed by atoms with Crippen molar-refractivity contribution in [1.82, 2.24) is 15.3 Å². The fraction of sp³-hybridized carbons (Fsp3) is 0.333. The molecule has 0 amide bonds. The molecule has 2 rings (SSSR count). The van der Waals surface area contributed by atoms with Crippen molar-refractivity contribution in [2.45, 2.75) is 26.9 Å². The molecule has 0 bridgehead atoms. The Hall–Kier alpha value is -1.26. The van der Waals surface area contributed by atoms with Crippen LogP contribution in [0.5, 0.6) is 0 Å². The van der Waals surface area contributed by atoms with Crippen molar-refractivity contribution in [1.29, 1.82) is 0 Å². The van der Waals surface area contributed by atoms with Crippen LogP contribution in [0.4, 0.5) is 0 Å². The minimum atomic E-state index is 0.790. The first-order chi connectivity index (χ1) is 7.75. The summed E-state index contributed by atoms with van der Waals surface area (Å²) in [5.74, 6) is 0.825. The van der Waals surface area contributed by atoms with Crippen LogP contribution in [0.25, 0.3) is 0 Å². The number of aryl methyl sites for hydroxylation is 2. The molecule has 3 nitrogen and oxygen atoms in total. The molecule has 0 aliphatic carbocycles. The summed E-state index contributed by atoms with van der Waals surface area (Å²) in [6.07, 6.45) is 1.80. The maximum atomic E-state index is 4.34. The molecule has 0 radical (unpaired) electrons. The van der Waals surface area contributed by atoms with Gasteiger partial charge in [0, 0.05) is 19.3 Å². The Morgan fingerprint density at radius 1 is 1.25 bits per heavy atom. The smallest absolute Gasteiger partial charge is 0.125 e. The lowest BCUT2D eigenvalue weighted by molar-refractivity contribution is 0.674. The molecule has 2 aromatic rings. The maximum Gasteiger partial charge on any atom is 0.125 e. The van der Waals surface area contributed by atoms with Gasteiger partial charge < -0.3 is 5.32 Å². The van der Waals surface area contributed by atoms with Gasteiger partial charge >= 0.3 is 0 Å². The van der Waals surface area contributed by atoms with Gasteiger partial charge in [0.25, 0.3) is 0 Å². The van der Waals surface area contributed by atoms with Crippen molar-refractivity contribution < 1.29 is 0 Å². The standard InChI is InChI=1S/C12H15N3S/c1-9-7-16-8-11(9)5-13-6-12-3-4-14-10(2)15-12/h3-4,7-8,13H,5-6H2,1-2H3. The van der Waals surface area contributed by atoms with E-state index in [0.717, 1.165) is 24.6 Å². The van der Waals surface area contributed by atoms with Crippen molar-refractivity contribution in [3.8, 4) is 0 Å². The van der Waals surface area contributed by atoms with Crippen molar-refractivity contribution in [3.63, 3.8) is 0 Å². The lowest BCUT2D eigenvalue weighted by Gasteiger charge is -2.04. The number of aromatic nitrogens is 2. The van der Waals surface area contributed by atoms with E-state index in [2.05, 4.69) is 33.0 Å². The van der Waals surface area contributed by atoms with Crippen LogP contribution in [0.15, 0.2) is 23.0 Å². The fourth-order valence-corrected chi connectivity index (χ4v) is 2.35. The third-order valence-electron chi connectivity index (χ3n) is 2.42. The van der Waals surface area contributed by atoms with Gasteiger partial charge in [-0.3, -0.25) is 0 Å². The highest BCUT2D eigenvalue weighted by Gasteiger charge is 1.99. The highest BCUT2D eigenvalue weighted by Crippen LogP contribution is 2.13. The largest absolute Gasteiger partial charge is 0.307 e. The minimum Gasteiger partial charge on any atom is -0.307 e. The van der Waals surface area contributed by atoms with E-state index in [1.54, 1.807) is 17.5 Å². The summed E-state index contributed by atoms with van der Waals surface area (Å²) in [6.45, 7) is 5.74. The zero-order valence-corrected chi connectivity index (χ0v) is 10.3. The molecule has 0 unspecified atom stereocenters. The van der Waals surface area contributed by atoms with Gasteiger partial charge in [-0.2, -0.15) is 11.3 Å². The maximum absolute atomic E-state index is 4.34. The van der Waals surface area contributed by atoms with Gasteiger partial charge in [0.1, 0.15) is 5.82 Å². The molecule has 1 N–H and O–H groups in total. The predicted octanol–water partition coefficient (Wildman–Crippen LogP) is 2.44. The second-order valence-corrected chi connectivity index (χ2v) is 4.52. The van der Waals surface area contributed by atoms with E-state index in [1.165, 1.54) is 11.1 Å².